The first-order valence-electron chi connectivity index (χ1n) is 14.5. The molecule has 1 atom stereocenters. The number of rotatable bonds is 9. The summed E-state index contributed by atoms with van der Waals surface area (Å²) in [5.41, 5.74) is 5.71. The molecule has 1 aliphatic heterocycles. The molecule has 10 nitrogen and oxygen atoms in total. The summed E-state index contributed by atoms with van der Waals surface area (Å²) >= 11 is 3.74. The summed E-state index contributed by atoms with van der Waals surface area (Å²) in [6.45, 7) is 13.6. The van der Waals surface area contributed by atoms with Crippen molar-refractivity contribution in [2.75, 3.05) is 45.2 Å². The van der Waals surface area contributed by atoms with Crippen molar-refractivity contribution in [3.05, 3.63) is 40.7 Å². The Bertz CT molecular complexity index is 1770. The average molecular weight is 686 g/mol. The van der Waals surface area contributed by atoms with E-state index in [1.54, 1.807) is 27.5 Å². The Hall–Kier alpha value is -3.64. The molecule has 0 aliphatic carbocycles. The SMILES string of the molecule is CO/N=C/c1c(C)[nH]c2c(O[Si](C)(C)C(C)(C)C)cc3c(c12)C(CBr)CN3C(=O)c1cc2cc(OC)c(OC)c(OC)c2[nH]1. The molecule has 3 heterocycles. The zero-order chi connectivity index (χ0) is 32.1. The molecule has 4 aromatic rings. The summed E-state index contributed by atoms with van der Waals surface area (Å²) < 4.78 is 23.7. The second-order valence-electron chi connectivity index (χ2n) is 12.6. The number of ether oxygens (including phenoxy) is 3. The van der Waals surface area contributed by atoms with Gasteiger partial charge in [-0.25, -0.2) is 0 Å². The molecule has 0 radical (unpaired) electrons. The van der Waals surface area contributed by atoms with Gasteiger partial charge in [0.25, 0.3) is 14.2 Å². The largest absolute Gasteiger partial charge is 0.542 e. The van der Waals surface area contributed by atoms with Crippen LogP contribution >= 0.6 is 15.9 Å². The van der Waals surface area contributed by atoms with Crippen molar-refractivity contribution in [1.82, 2.24) is 9.97 Å². The number of hydrogen-bond donors (Lipinski definition) is 2. The number of H-pyrrole nitrogens is 2. The Morgan fingerprint density at radius 3 is 2.34 bits per heavy atom. The van der Waals surface area contributed by atoms with Gasteiger partial charge < -0.3 is 38.3 Å². The van der Waals surface area contributed by atoms with Crippen molar-refractivity contribution in [1.29, 1.82) is 0 Å². The van der Waals surface area contributed by atoms with Gasteiger partial charge in [-0.2, -0.15) is 0 Å². The van der Waals surface area contributed by atoms with Gasteiger partial charge in [-0.3, -0.25) is 4.79 Å². The Labute approximate surface area is 267 Å². The van der Waals surface area contributed by atoms with Crippen LogP contribution in [0.4, 0.5) is 5.69 Å². The normalized spacial score (nSPS) is 15.3. The van der Waals surface area contributed by atoms with Gasteiger partial charge in [0.15, 0.2) is 11.5 Å². The van der Waals surface area contributed by atoms with Crippen molar-refractivity contribution in [2.45, 2.75) is 51.7 Å². The van der Waals surface area contributed by atoms with E-state index in [9.17, 15) is 4.79 Å². The lowest BCUT2D eigenvalue weighted by atomic mass is 9.96. The molecule has 1 aliphatic rings. The number of hydrogen-bond acceptors (Lipinski definition) is 7. The molecule has 0 saturated carbocycles. The number of carbonyl (C=O) groups is 1. The molecule has 0 saturated heterocycles. The van der Waals surface area contributed by atoms with E-state index in [-0.39, 0.29) is 16.9 Å². The molecule has 2 aromatic carbocycles. The molecular weight excluding hydrogens is 644 g/mol. The third-order valence-electron chi connectivity index (χ3n) is 8.94. The zero-order valence-corrected chi connectivity index (χ0v) is 29.6. The maximum Gasteiger partial charge on any atom is 0.274 e. The van der Waals surface area contributed by atoms with Crippen molar-refractivity contribution >= 4 is 63.9 Å². The van der Waals surface area contributed by atoms with Gasteiger partial charge in [0.2, 0.25) is 5.75 Å². The van der Waals surface area contributed by atoms with Crippen molar-refractivity contribution in [3.8, 4) is 23.0 Å². The van der Waals surface area contributed by atoms with E-state index in [0.29, 0.717) is 40.3 Å². The highest BCUT2D eigenvalue weighted by molar-refractivity contribution is 9.09. The average Bonchev–Trinajstić information content (AvgIpc) is 3.66. The van der Waals surface area contributed by atoms with Gasteiger partial charge in [-0.05, 0) is 42.8 Å². The fraction of sp³-hybridized carbons (Fsp3) is 0.438. The van der Waals surface area contributed by atoms with E-state index >= 15 is 0 Å². The highest BCUT2D eigenvalue weighted by atomic mass is 79.9. The fourth-order valence-corrected chi connectivity index (χ4v) is 7.20. The van der Waals surface area contributed by atoms with Gasteiger partial charge in [0, 0.05) is 45.9 Å². The van der Waals surface area contributed by atoms with E-state index in [1.807, 2.05) is 30.0 Å². The summed E-state index contributed by atoms with van der Waals surface area (Å²) in [5, 5.41) is 6.51. The number of aryl methyl sites for hydroxylation is 1. The van der Waals surface area contributed by atoms with Gasteiger partial charge >= 0.3 is 0 Å². The molecule has 44 heavy (non-hydrogen) atoms. The van der Waals surface area contributed by atoms with Crippen molar-refractivity contribution < 1.29 is 28.3 Å². The number of nitrogens with one attached hydrogen (secondary N) is 2. The molecule has 1 amide bonds. The van der Waals surface area contributed by atoms with Crippen LogP contribution in [0, 0.1) is 6.92 Å². The van der Waals surface area contributed by atoms with E-state index in [1.165, 1.54) is 7.11 Å². The van der Waals surface area contributed by atoms with Gasteiger partial charge in [-0.15, -0.1) is 0 Å². The summed E-state index contributed by atoms with van der Waals surface area (Å²) in [5.74, 6) is 2.04. The molecule has 1 unspecified atom stereocenters. The zero-order valence-electron chi connectivity index (χ0n) is 27.0. The van der Waals surface area contributed by atoms with E-state index in [2.05, 4.69) is 64.9 Å². The first-order valence-corrected chi connectivity index (χ1v) is 18.5. The maximum absolute atomic E-state index is 14.4. The number of halogens is 1. The molecule has 236 valence electrons. The summed E-state index contributed by atoms with van der Waals surface area (Å²) in [6, 6.07) is 5.69. The summed E-state index contributed by atoms with van der Waals surface area (Å²) in [4.78, 5) is 28.2. The summed E-state index contributed by atoms with van der Waals surface area (Å²) in [7, 11) is 3.97. The number of methoxy groups -OCH3 is 3. The Morgan fingerprint density at radius 2 is 1.75 bits per heavy atom. The number of aromatic amines is 2. The van der Waals surface area contributed by atoms with E-state index < -0.39 is 8.32 Å². The number of anilines is 1. The van der Waals surface area contributed by atoms with Gasteiger partial charge in [0.05, 0.1) is 44.3 Å². The third-order valence-corrected chi connectivity index (χ3v) is 14.1. The monoisotopic (exact) mass is 684 g/mol. The Morgan fingerprint density at radius 1 is 1.05 bits per heavy atom. The molecule has 2 N–H and O–H groups in total. The van der Waals surface area contributed by atoms with Crippen LogP contribution < -0.4 is 23.5 Å². The Balaban J connectivity index is 1.73. The van der Waals surface area contributed by atoms with Crippen LogP contribution in [0.5, 0.6) is 23.0 Å². The molecule has 0 fully saturated rings. The smallest absolute Gasteiger partial charge is 0.274 e. The van der Waals surface area contributed by atoms with Crippen LogP contribution in [0.2, 0.25) is 18.1 Å². The lowest BCUT2D eigenvalue weighted by Crippen LogP contribution is -2.44. The summed E-state index contributed by atoms with van der Waals surface area (Å²) in [6.07, 6.45) is 1.73. The highest BCUT2D eigenvalue weighted by Crippen LogP contribution is 2.50. The number of amides is 1. The van der Waals surface area contributed by atoms with Gasteiger partial charge in [0.1, 0.15) is 18.6 Å². The first kappa shape index (κ1) is 31.8. The van der Waals surface area contributed by atoms with Crippen LogP contribution in [0.15, 0.2) is 23.4 Å². The number of alkyl halides is 1. The predicted molar refractivity (Wildman–Crippen MR) is 182 cm³/mol. The second kappa shape index (κ2) is 11.7. The lowest BCUT2D eigenvalue weighted by Gasteiger charge is -2.36. The molecule has 0 bridgehead atoms. The van der Waals surface area contributed by atoms with E-state index in [0.717, 1.165) is 44.5 Å². The van der Waals surface area contributed by atoms with Crippen LogP contribution in [0.1, 0.15) is 54.0 Å². The number of fused-ring (bicyclic) bond motifs is 4. The minimum Gasteiger partial charge on any atom is -0.542 e. The number of oxime groups is 1. The maximum atomic E-state index is 14.4. The molecule has 12 heteroatoms. The molecule has 2 aromatic heterocycles. The van der Waals surface area contributed by atoms with Crippen LogP contribution in [-0.4, -0.2) is 70.7 Å². The van der Waals surface area contributed by atoms with Crippen molar-refractivity contribution in [2.24, 2.45) is 5.16 Å². The van der Waals surface area contributed by atoms with Crippen LogP contribution in [-0.2, 0) is 4.84 Å². The van der Waals surface area contributed by atoms with Crippen LogP contribution in [0.3, 0.4) is 0 Å². The first-order chi connectivity index (χ1) is 20.8. The minimum absolute atomic E-state index is 0.0280. The number of nitrogens with zero attached hydrogens (tertiary/aromatic N) is 2. The van der Waals surface area contributed by atoms with E-state index in [4.69, 9.17) is 23.5 Å². The standard InChI is InChI=1S/C32H41BrN4O6Si/c1-17-20(15-34-42-8)26-25-19(14-33)16-37(22(25)13-23(28(26)35-17)43-44(9,10)32(2,3)4)31(38)21-11-18-12-24(39-5)29(40-6)30(41-7)27(18)36-21/h11-13,15,19,35-36H,14,16H2,1-10H3/b34-15+. The molecule has 0 spiro atoms. The third kappa shape index (κ3) is 5.11. The minimum atomic E-state index is -2.25. The molecular formula is C32H41BrN4O6Si. The quantitative estimate of drug-likeness (QED) is 0.0818. The van der Waals surface area contributed by atoms with Crippen molar-refractivity contribution in [3.63, 3.8) is 0 Å². The number of carbonyl (C=O) groups excluding carboxylic acids is 1. The highest BCUT2D eigenvalue weighted by Gasteiger charge is 2.42. The fourth-order valence-electron chi connectivity index (χ4n) is 5.65. The Kier molecular flexibility index (Phi) is 8.45. The second-order valence-corrected chi connectivity index (χ2v) is 17.9. The number of aromatic nitrogens is 2. The van der Waals surface area contributed by atoms with Crippen LogP contribution in [0.25, 0.3) is 21.8 Å². The topological polar surface area (TPSA) is 110 Å². The predicted octanol–water partition coefficient (Wildman–Crippen LogP) is 7.49. The number of benzene rings is 2. The lowest BCUT2D eigenvalue weighted by molar-refractivity contribution is 0.0984. The molecule has 5 rings (SSSR count). The van der Waals surface area contributed by atoms with Gasteiger partial charge in [-0.1, -0.05) is 41.9 Å².